The molecule has 0 aliphatic carbocycles. The molecular formula is C17H38N2O2. The molecular weight excluding hydrogens is 264 g/mol. The molecule has 0 aliphatic heterocycles. The van der Waals surface area contributed by atoms with E-state index in [0.29, 0.717) is 6.04 Å². The maximum absolute atomic E-state index is 9.57. The van der Waals surface area contributed by atoms with E-state index in [0.717, 1.165) is 45.5 Å². The fraction of sp³-hybridized carbons (Fsp3) is 1.00. The Kier molecular flexibility index (Phi) is 12.3. The molecule has 0 amide bonds. The molecule has 0 bridgehead atoms. The van der Waals surface area contributed by atoms with Gasteiger partial charge in [0.25, 0.3) is 0 Å². The van der Waals surface area contributed by atoms with Gasteiger partial charge in [0, 0.05) is 25.2 Å². The van der Waals surface area contributed by atoms with Gasteiger partial charge in [-0.25, -0.2) is 0 Å². The number of unbranched alkanes of at least 4 members (excludes halogenated alkanes) is 1. The Bertz CT molecular complexity index is 239. The van der Waals surface area contributed by atoms with Crippen LogP contribution in [0.4, 0.5) is 0 Å². The number of nitrogens with one attached hydrogen (secondary N) is 1. The number of hydrogen-bond acceptors (Lipinski definition) is 4. The Hall–Kier alpha value is -0.160. The first kappa shape index (κ1) is 20.8. The van der Waals surface area contributed by atoms with E-state index >= 15 is 0 Å². The largest absolute Gasteiger partial charge is 0.394 e. The van der Waals surface area contributed by atoms with Crippen molar-refractivity contribution in [3.8, 4) is 0 Å². The number of ether oxygens (including phenoxy) is 1. The first-order chi connectivity index (χ1) is 10.0. The zero-order chi connectivity index (χ0) is 16.1. The molecule has 0 rings (SSSR count). The van der Waals surface area contributed by atoms with E-state index < -0.39 is 0 Å². The zero-order valence-corrected chi connectivity index (χ0v) is 15.0. The third-order valence-electron chi connectivity index (χ3n) is 4.37. The molecule has 0 aromatic carbocycles. The molecule has 0 radical (unpaired) electrons. The van der Waals surface area contributed by atoms with Crippen LogP contribution in [0.3, 0.4) is 0 Å². The normalized spacial score (nSPS) is 16.1. The predicted octanol–water partition coefficient (Wildman–Crippen LogP) is 2.65. The van der Waals surface area contributed by atoms with Crippen LogP contribution in [0, 0.1) is 0 Å². The summed E-state index contributed by atoms with van der Waals surface area (Å²) < 4.78 is 5.20. The summed E-state index contributed by atoms with van der Waals surface area (Å²) in [5.41, 5.74) is -0.121. The molecule has 0 saturated heterocycles. The van der Waals surface area contributed by atoms with Crippen LogP contribution in [0.2, 0.25) is 0 Å². The quantitative estimate of drug-likeness (QED) is 0.484. The van der Waals surface area contributed by atoms with Crippen molar-refractivity contribution in [2.24, 2.45) is 0 Å². The molecule has 4 heteroatoms. The fourth-order valence-corrected chi connectivity index (χ4v) is 2.50. The van der Waals surface area contributed by atoms with Crippen LogP contribution in [0.5, 0.6) is 0 Å². The van der Waals surface area contributed by atoms with Crippen molar-refractivity contribution >= 4 is 0 Å². The van der Waals surface area contributed by atoms with Gasteiger partial charge in [0.1, 0.15) is 0 Å². The highest BCUT2D eigenvalue weighted by molar-refractivity contribution is 4.82. The Morgan fingerprint density at radius 1 is 1.24 bits per heavy atom. The standard InChI is InChI=1S/C17H38N2O2/c1-6-11-18-17(4,15-20)10-8-9-12-19(13-14-21-5)16(3)7-2/h16,18,20H,6-15H2,1-5H3. The number of methoxy groups -OCH3 is 1. The van der Waals surface area contributed by atoms with Crippen LogP contribution in [0.1, 0.15) is 59.8 Å². The molecule has 128 valence electrons. The van der Waals surface area contributed by atoms with Crippen molar-refractivity contribution in [2.45, 2.75) is 71.4 Å². The summed E-state index contributed by atoms with van der Waals surface area (Å²) in [6.07, 6.45) is 5.64. The molecule has 0 aliphatic rings. The minimum absolute atomic E-state index is 0.121. The smallest absolute Gasteiger partial charge is 0.0610 e. The van der Waals surface area contributed by atoms with Gasteiger partial charge in [0.2, 0.25) is 0 Å². The fourth-order valence-electron chi connectivity index (χ4n) is 2.50. The molecule has 21 heavy (non-hydrogen) atoms. The third kappa shape index (κ3) is 9.46. The van der Waals surface area contributed by atoms with Gasteiger partial charge in [0.15, 0.2) is 0 Å². The maximum atomic E-state index is 9.57. The monoisotopic (exact) mass is 302 g/mol. The molecule has 2 N–H and O–H groups in total. The second-order valence-electron chi connectivity index (χ2n) is 6.39. The van der Waals surface area contributed by atoms with Gasteiger partial charge in [0.05, 0.1) is 13.2 Å². The van der Waals surface area contributed by atoms with Crippen molar-refractivity contribution in [3.63, 3.8) is 0 Å². The van der Waals surface area contributed by atoms with Crippen LogP contribution >= 0.6 is 0 Å². The molecule has 2 atom stereocenters. The summed E-state index contributed by atoms with van der Waals surface area (Å²) in [5, 5.41) is 13.0. The average Bonchev–Trinajstić information content (AvgIpc) is 2.51. The zero-order valence-electron chi connectivity index (χ0n) is 15.0. The van der Waals surface area contributed by atoms with Crippen molar-refractivity contribution in [1.82, 2.24) is 10.2 Å². The van der Waals surface area contributed by atoms with Crippen LogP contribution in [-0.4, -0.2) is 61.5 Å². The summed E-state index contributed by atoms with van der Waals surface area (Å²) in [5.74, 6) is 0. The van der Waals surface area contributed by atoms with Gasteiger partial charge < -0.3 is 15.2 Å². The summed E-state index contributed by atoms with van der Waals surface area (Å²) >= 11 is 0. The van der Waals surface area contributed by atoms with Gasteiger partial charge in [-0.15, -0.1) is 0 Å². The Morgan fingerprint density at radius 2 is 1.95 bits per heavy atom. The van der Waals surface area contributed by atoms with E-state index in [-0.39, 0.29) is 12.1 Å². The molecule has 0 saturated carbocycles. The van der Waals surface area contributed by atoms with Gasteiger partial charge in [-0.1, -0.05) is 20.3 Å². The Morgan fingerprint density at radius 3 is 2.48 bits per heavy atom. The van der Waals surface area contributed by atoms with E-state index in [1.165, 1.54) is 12.8 Å². The molecule has 0 aromatic rings. The SMILES string of the molecule is CCCNC(C)(CO)CCCCN(CCOC)C(C)CC. The van der Waals surface area contributed by atoms with Crippen molar-refractivity contribution < 1.29 is 9.84 Å². The van der Waals surface area contributed by atoms with Gasteiger partial charge in [-0.2, -0.15) is 0 Å². The van der Waals surface area contributed by atoms with E-state index in [2.05, 4.69) is 37.9 Å². The van der Waals surface area contributed by atoms with E-state index in [4.69, 9.17) is 4.74 Å². The minimum Gasteiger partial charge on any atom is -0.394 e. The lowest BCUT2D eigenvalue weighted by Gasteiger charge is -2.31. The lowest BCUT2D eigenvalue weighted by atomic mass is 9.95. The molecule has 2 unspecified atom stereocenters. The van der Waals surface area contributed by atoms with Crippen molar-refractivity contribution in [2.75, 3.05) is 40.0 Å². The molecule has 0 heterocycles. The van der Waals surface area contributed by atoms with E-state index in [1.54, 1.807) is 7.11 Å². The van der Waals surface area contributed by atoms with Crippen molar-refractivity contribution in [1.29, 1.82) is 0 Å². The molecule has 0 spiro atoms. The summed E-state index contributed by atoms with van der Waals surface area (Å²) in [6.45, 7) is 12.9. The first-order valence-electron chi connectivity index (χ1n) is 8.61. The lowest BCUT2D eigenvalue weighted by molar-refractivity contribution is 0.118. The van der Waals surface area contributed by atoms with Crippen LogP contribution in [0.15, 0.2) is 0 Å². The van der Waals surface area contributed by atoms with Gasteiger partial charge >= 0.3 is 0 Å². The number of aliphatic hydroxyl groups is 1. The Labute approximate surface area is 132 Å². The van der Waals surface area contributed by atoms with Crippen LogP contribution in [-0.2, 0) is 4.74 Å². The summed E-state index contributed by atoms with van der Waals surface area (Å²) in [7, 11) is 1.76. The first-order valence-corrected chi connectivity index (χ1v) is 8.61. The number of nitrogens with zero attached hydrogens (tertiary/aromatic N) is 1. The van der Waals surface area contributed by atoms with Crippen LogP contribution < -0.4 is 5.32 Å². The van der Waals surface area contributed by atoms with Crippen LogP contribution in [0.25, 0.3) is 0 Å². The topological polar surface area (TPSA) is 44.7 Å². The summed E-state index contributed by atoms with van der Waals surface area (Å²) in [4.78, 5) is 2.51. The minimum atomic E-state index is -0.121. The Balaban J connectivity index is 4.06. The van der Waals surface area contributed by atoms with Crippen molar-refractivity contribution in [3.05, 3.63) is 0 Å². The highest BCUT2D eigenvalue weighted by atomic mass is 16.5. The highest BCUT2D eigenvalue weighted by Crippen LogP contribution is 2.14. The highest BCUT2D eigenvalue weighted by Gasteiger charge is 2.21. The second-order valence-corrected chi connectivity index (χ2v) is 6.39. The molecule has 0 aromatic heterocycles. The second kappa shape index (κ2) is 12.4. The number of rotatable bonds is 14. The average molecular weight is 303 g/mol. The third-order valence-corrected chi connectivity index (χ3v) is 4.37. The predicted molar refractivity (Wildman–Crippen MR) is 90.8 cm³/mol. The lowest BCUT2D eigenvalue weighted by Crippen LogP contribution is -2.46. The van der Waals surface area contributed by atoms with Gasteiger partial charge in [-0.05, 0) is 52.6 Å². The van der Waals surface area contributed by atoms with Gasteiger partial charge in [-0.3, -0.25) is 4.90 Å². The van der Waals surface area contributed by atoms with E-state index in [9.17, 15) is 5.11 Å². The van der Waals surface area contributed by atoms with E-state index in [1.807, 2.05) is 0 Å². The summed E-state index contributed by atoms with van der Waals surface area (Å²) in [6, 6.07) is 0.614. The maximum Gasteiger partial charge on any atom is 0.0610 e. The molecule has 0 fully saturated rings. The number of hydrogen-bond donors (Lipinski definition) is 2. The molecule has 4 nitrogen and oxygen atoms in total. The number of aliphatic hydroxyl groups excluding tert-OH is 1.